The van der Waals surface area contributed by atoms with Gasteiger partial charge in [0.15, 0.2) is 4.77 Å². The van der Waals surface area contributed by atoms with Crippen LogP contribution in [0, 0.1) is 4.77 Å². The molecule has 2 aromatic rings. The highest BCUT2D eigenvalue weighted by Crippen LogP contribution is 2.39. The Balaban J connectivity index is 2.08. The number of fused-ring (bicyclic) bond motifs is 1. The number of hydrogen-bond donors (Lipinski definition) is 1. The molecule has 0 aliphatic carbocycles. The number of rotatable bonds is 3. The zero-order valence-corrected chi connectivity index (χ0v) is 14.1. The largest absolute Gasteiger partial charge is 0.375 e. The van der Waals surface area contributed by atoms with Gasteiger partial charge in [-0.3, -0.25) is 0 Å². The second-order valence-electron chi connectivity index (χ2n) is 5.82. The number of H-pyrrole nitrogens is 1. The number of para-hydroxylation sites is 1. The molecule has 114 valence electrons. The van der Waals surface area contributed by atoms with Gasteiger partial charge in [0.25, 0.3) is 0 Å². The molecule has 1 saturated heterocycles. The van der Waals surface area contributed by atoms with Crippen LogP contribution >= 0.6 is 23.8 Å². The van der Waals surface area contributed by atoms with Gasteiger partial charge < -0.3 is 14.3 Å². The Morgan fingerprint density at radius 2 is 2.19 bits per heavy atom. The molecule has 0 radical (unpaired) electrons. The van der Waals surface area contributed by atoms with Crippen LogP contribution in [0.1, 0.15) is 45.6 Å². The lowest BCUT2D eigenvalue weighted by atomic mass is 9.86. The predicted octanol–water partition coefficient (Wildman–Crippen LogP) is 5.26. The molecule has 1 unspecified atom stereocenters. The van der Waals surface area contributed by atoms with Crippen molar-refractivity contribution in [3.63, 3.8) is 0 Å². The maximum Gasteiger partial charge on any atom is 0.178 e. The van der Waals surface area contributed by atoms with Crippen molar-refractivity contribution in [2.75, 3.05) is 6.61 Å². The van der Waals surface area contributed by atoms with Gasteiger partial charge in [0.2, 0.25) is 0 Å². The van der Waals surface area contributed by atoms with Gasteiger partial charge in [-0.1, -0.05) is 31.5 Å². The number of ether oxygens (including phenoxy) is 1. The summed E-state index contributed by atoms with van der Waals surface area (Å²) in [5, 5.41) is 0.755. The summed E-state index contributed by atoms with van der Waals surface area (Å²) in [7, 11) is 0. The summed E-state index contributed by atoms with van der Waals surface area (Å²) >= 11 is 12.0. The zero-order chi connectivity index (χ0) is 15.0. The highest BCUT2D eigenvalue weighted by molar-refractivity contribution is 7.71. The highest BCUT2D eigenvalue weighted by Gasteiger charge is 2.36. The first kappa shape index (κ1) is 15.1. The van der Waals surface area contributed by atoms with E-state index in [0.29, 0.717) is 6.04 Å². The SMILES string of the molecule is CCC1(CC)CC(n2c(=S)[nH]c3cccc(Cl)c32)CCO1. The molecule has 1 aliphatic rings. The van der Waals surface area contributed by atoms with Gasteiger partial charge in [-0.05, 0) is 50.0 Å². The molecule has 0 spiro atoms. The summed E-state index contributed by atoms with van der Waals surface area (Å²) in [5.74, 6) is 0. The zero-order valence-electron chi connectivity index (χ0n) is 12.5. The molecule has 0 amide bonds. The first-order valence-electron chi connectivity index (χ1n) is 7.63. The number of halogens is 1. The van der Waals surface area contributed by atoms with Gasteiger partial charge in [-0.15, -0.1) is 0 Å². The van der Waals surface area contributed by atoms with Crippen molar-refractivity contribution in [3.8, 4) is 0 Å². The third kappa shape index (κ3) is 2.54. The van der Waals surface area contributed by atoms with Crippen LogP contribution in [0.2, 0.25) is 5.02 Å². The number of aromatic nitrogens is 2. The van der Waals surface area contributed by atoms with Crippen LogP contribution in [0.4, 0.5) is 0 Å². The Kier molecular flexibility index (Phi) is 4.12. The Morgan fingerprint density at radius 1 is 1.43 bits per heavy atom. The first-order valence-corrected chi connectivity index (χ1v) is 8.41. The topological polar surface area (TPSA) is 29.9 Å². The second kappa shape index (κ2) is 5.75. The number of hydrogen-bond acceptors (Lipinski definition) is 2. The minimum absolute atomic E-state index is 0.0253. The number of imidazole rings is 1. The predicted molar refractivity (Wildman–Crippen MR) is 89.7 cm³/mol. The average Bonchev–Trinajstić information content (AvgIpc) is 2.84. The molecule has 0 saturated carbocycles. The summed E-state index contributed by atoms with van der Waals surface area (Å²) in [5.41, 5.74) is 2.01. The fourth-order valence-corrected chi connectivity index (χ4v) is 4.07. The van der Waals surface area contributed by atoms with Gasteiger partial charge in [-0.25, -0.2) is 0 Å². The lowest BCUT2D eigenvalue weighted by Crippen LogP contribution is -2.39. The normalized spacial score (nSPS) is 21.8. The number of aromatic amines is 1. The first-order chi connectivity index (χ1) is 10.1. The molecule has 21 heavy (non-hydrogen) atoms. The molecule has 1 aliphatic heterocycles. The van der Waals surface area contributed by atoms with Crippen molar-refractivity contribution in [1.82, 2.24) is 9.55 Å². The van der Waals surface area contributed by atoms with Crippen molar-refractivity contribution in [2.24, 2.45) is 0 Å². The van der Waals surface area contributed by atoms with Gasteiger partial charge in [0.1, 0.15) is 0 Å². The molecule has 1 atom stereocenters. The summed E-state index contributed by atoms with van der Waals surface area (Å²) in [6.07, 6.45) is 4.04. The van der Waals surface area contributed by atoms with Crippen LogP contribution in [0.15, 0.2) is 18.2 Å². The Morgan fingerprint density at radius 3 is 2.90 bits per heavy atom. The van der Waals surface area contributed by atoms with Gasteiger partial charge in [0, 0.05) is 12.6 Å². The maximum absolute atomic E-state index is 6.42. The van der Waals surface area contributed by atoms with Crippen LogP contribution < -0.4 is 0 Å². The standard InChI is InChI=1S/C16H21ClN2OS/c1-3-16(4-2)10-11(8-9-20-16)19-14-12(17)6-5-7-13(14)18-15(19)21/h5-7,11H,3-4,8-10H2,1-2H3,(H,18,21). The molecule has 2 heterocycles. The van der Waals surface area contributed by atoms with Crippen molar-refractivity contribution in [3.05, 3.63) is 28.0 Å². The lowest BCUT2D eigenvalue weighted by Gasteiger charge is -2.40. The molecule has 1 aromatic heterocycles. The van der Waals surface area contributed by atoms with Crippen molar-refractivity contribution < 1.29 is 4.74 Å². The van der Waals surface area contributed by atoms with Crippen molar-refractivity contribution in [2.45, 2.75) is 51.2 Å². The highest BCUT2D eigenvalue weighted by atomic mass is 35.5. The minimum Gasteiger partial charge on any atom is -0.375 e. The van der Waals surface area contributed by atoms with E-state index in [1.807, 2.05) is 18.2 Å². The molecule has 1 aromatic carbocycles. The van der Waals surface area contributed by atoms with Crippen LogP contribution in [-0.4, -0.2) is 21.8 Å². The van der Waals surface area contributed by atoms with E-state index in [9.17, 15) is 0 Å². The van der Waals surface area contributed by atoms with Crippen LogP contribution in [0.25, 0.3) is 11.0 Å². The van der Waals surface area contributed by atoms with E-state index in [0.717, 1.165) is 53.1 Å². The Labute approximate surface area is 135 Å². The van der Waals surface area contributed by atoms with E-state index in [1.165, 1.54) is 0 Å². The molecular formula is C16H21ClN2OS. The summed E-state index contributed by atoms with van der Waals surface area (Å²) in [6, 6.07) is 6.25. The summed E-state index contributed by atoms with van der Waals surface area (Å²) in [6.45, 7) is 5.19. The third-order valence-corrected chi connectivity index (χ3v) is 5.41. The number of nitrogens with zero attached hydrogens (tertiary/aromatic N) is 1. The molecule has 5 heteroatoms. The van der Waals surface area contributed by atoms with E-state index in [1.54, 1.807) is 0 Å². The molecule has 1 N–H and O–H groups in total. The fourth-order valence-electron chi connectivity index (χ4n) is 3.45. The molecule has 3 nitrogen and oxygen atoms in total. The van der Waals surface area contributed by atoms with E-state index in [2.05, 4.69) is 23.4 Å². The van der Waals surface area contributed by atoms with Gasteiger partial charge in [-0.2, -0.15) is 0 Å². The maximum atomic E-state index is 6.42. The smallest absolute Gasteiger partial charge is 0.178 e. The third-order valence-electron chi connectivity index (χ3n) is 4.81. The second-order valence-corrected chi connectivity index (χ2v) is 6.62. The Bertz CT molecular complexity index is 702. The Hall–Kier alpha value is -0.840. The summed E-state index contributed by atoms with van der Waals surface area (Å²) in [4.78, 5) is 3.28. The van der Waals surface area contributed by atoms with E-state index in [-0.39, 0.29) is 5.60 Å². The summed E-state index contributed by atoms with van der Waals surface area (Å²) < 4.78 is 9.04. The fraction of sp³-hybridized carbons (Fsp3) is 0.562. The molecular weight excluding hydrogens is 304 g/mol. The van der Waals surface area contributed by atoms with Crippen LogP contribution in [0.5, 0.6) is 0 Å². The molecule has 3 rings (SSSR count). The average molecular weight is 325 g/mol. The van der Waals surface area contributed by atoms with Crippen LogP contribution in [-0.2, 0) is 4.74 Å². The quantitative estimate of drug-likeness (QED) is 0.780. The monoisotopic (exact) mass is 324 g/mol. The number of nitrogens with one attached hydrogen (secondary N) is 1. The van der Waals surface area contributed by atoms with Gasteiger partial charge >= 0.3 is 0 Å². The number of benzene rings is 1. The lowest BCUT2D eigenvalue weighted by molar-refractivity contribution is -0.0983. The van der Waals surface area contributed by atoms with Crippen molar-refractivity contribution in [1.29, 1.82) is 0 Å². The molecule has 1 fully saturated rings. The van der Waals surface area contributed by atoms with E-state index in [4.69, 9.17) is 28.6 Å². The van der Waals surface area contributed by atoms with E-state index >= 15 is 0 Å². The molecule has 0 bridgehead atoms. The van der Waals surface area contributed by atoms with Crippen LogP contribution in [0.3, 0.4) is 0 Å². The minimum atomic E-state index is -0.0253. The van der Waals surface area contributed by atoms with Gasteiger partial charge in [0.05, 0.1) is 21.7 Å². The van der Waals surface area contributed by atoms with Crippen molar-refractivity contribution >= 4 is 34.9 Å². The van der Waals surface area contributed by atoms with E-state index < -0.39 is 0 Å².